The number of carbonyl (C=O) groups excluding carboxylic acids is 1. The summed E-state index contributed by atoms with van der Waals surface area (Å²) in [5.74, 6) is 0.784. The number of hydrogen-bond donors (Lipinski definition) is 0. The van der Waals surface area contributed by atoms with E-state index in [-0.39, 0.29) is 22.8 Å². The van der Waals surface area contributed by atoms with Gasteiger partial charge < -0.3 is 21.7 Å². The minimum atomic E-state index is 0. The molecule has 0 saturated carbocycles. The molecule has 0 amide bonds. The number of thioether (sulfide) groups is 1. The van der Waals surface area contributed by atoms with E-state index in [1.165, 1.54) is 0 Å². The third kappa shape index (κ3) is 4.61. The van der Waals surface area contributed by atoms with Crippen molar-refractivity contribution in [2.45, 2.75) is 30.8 Å². The number of ether oxygens (including phenoxy) is 1. The van der Waals surface area contributed by atoms with Gasteiger partial charge in [-0.25, -0.2) is 9.13 Å². The zero-order chi connectivity index (χ0) is 15.4. The lowest BCUT2D eigenvalue weighted by Gasteiger charge is -2.05. The van der Waals surface area contributed by atoms with Crippen molar-refractivity contribution in [3.63, 3.8) is 0 Å². The van der Waals surface area contributed by atoms with Gasteiger partial charge in [-0.2, -0.15) is 0 Å². The van der Waals surface area contributed by atoms with Crippen LogP contribution in [0.15, 0.2) is 41.8 Å². The minimum absolute atomic E-state index is 0. The largest absolute Gasteiger partial charge is 1.00 e. The Balaban J connectivity index is 0.00000242. The quantitative estimate of drug-likeness (QED) is 0.390. The Morgan fingerprint density at radius 2 is 2.14 bits per heavy atom. The first kappa shape index (κ1) is 18.8. The second-order valence-corrected chi connectivity index (χ2v) is 6.68. The molecule has 0 aliphatic heterocycles. The van der Waals surface area contributed by atoms with Crippen LogP contribution < -0.4 is 26.3 Å². The van der Waals surface area contributed by atoms with Gasteiger partial charge in [0.05, 0.1) is 14.2 Å². The molecule has 0 fully saturated rings. The van der Waals surface area contributed by atoms with Crippen LogP contribution in [0.4, 0.5) is 0 Å². The Bertz CT molecular complexity index is 641. The number of methoxy groups -OCH3 is 1. The van der Waals surface area contributed by atoms with Crippen LogP contribution in [-0.2, 0) is 13.6 Å². The normalized spacial score (nSPS) is 10.4. The van der Waals surface area contributed by atoms with Gasteiger partial charge in [0.2, 0.25) is 5.78 Å². The van der Waals surface area contributed by atoms with Crippen LogP contribution in [0.1, 0.15) is 24.2 Å². The van der Waals surface area contributed by atoms with Crippen LogP contribution in [0.5, 0.6) is 5.75 Å². The van der Waals surface area contributed by atoms with Gasteiger partial charge in [0.25, 0.3) is 0 Å². The van der Waals surface area contributed by atoms with E-state index in [0.29, 0.717) is 23.1 Å². The molecule has 2 rings (SSSR count). The summed E-state index contributed by atoms with van der Waals surface area (Å²) in [4.78, 5) is 12.4. The molecular weight excluding hydrogens is 364 g/mol. The van der Waals surface area contributed by atoms with E-state index < -0.39 is 0 Å². The van der Waals surface area contributed by atoms with Crippen LogP contribution in [0.2, 0.25) is 0 Å². The van der Waals surface area contributed by atoms with E-state index in [1.54, 1.807) is 24.9 Å². The first-order valence-electron chi connectivity index (χ1n) is 6.90. The molecule has 120 valence electrons. The minimum Gasteiger partial charge on any atom is -1.00 e. The molecule has 1 aromatic carbocycles. The SMILES string of the molecule is COc1cccc(C(=O)Cn2cc[n+](C)c2SC(C)C)c1.[Br-]. The van der Waals surface area contributed by atoms with Gasteiger partial charge in [-0.1, -0.05) is 26.0 Å². The van der Waals surface area contributed by atoms with Crippen molar-refractivity contribution in [1.29, 1.82) is 0 Å². The van der Waals surface area contributed by atoms with Crippen LogP contribution >= 0.6 is 11.8 Å². The molecule has 0 radical (unpaired) electrons. The van der Waals surface area contributed by atoms with E-state index in [0.717, 1.165) is 5.16 Å². The number of benzene rings is 1. The molecule has 0 saturated heterocycles. The molecule has 2 aromatic rings. The molecule has 0 aliphatic rings. The van der Waals surface area contributed by atoms with Crippen molar-refractivity contribution in [2.24, 2.45) is 7.05 Å². The average molecular weight is 385 g/mol. The van der Waals surface area contributed by atoms with Crippen LogP contribution in [0.25, 0.3) is 0 Å². The Morgan fingerprint density at radius 3 is 2.77 bits per heavy atom. The molecule has 0 aliphatic carbocycles. The van der Waals surface area contributed by atoms with E-state index in [1.807, 2.05) is 46.8 Å². The highest BCUT2D eigenvalue weighted by atomic mass is 79.9. The number of halogens is 1. The van der Waals surface area contributed by atoms with Crippen molar-refractivity contribution >= 4 is 17.5 Å². The number of carbonyl (C=O) groups is 1. The summed E-state index contributed by atoms with van der Waals surface area (Å²) >= 11 is 1.75. The smallest absolute Gasteiger partial charge is 0.318 e. The van der Waals surface area contributed by atoms with Crippen molar-refractivity contribution in [3.05, 3.63) is 42.2 Å². The Kier molecular flexibility index (Phi) is 7.16. The fourth-order valence-electron chi connectivity index (χ4n) is 2.04. The van der Waals surface area contributed by atoms with Gasteiger partial charge in [0.1, 0.15) is 18.1 Å². The molecule has 1 aromatic heterocycles. The maximum absolute atomic E-state index is 12.4. The van der Waals surface area contributed by atoms with Gasteiger partial charge in [0, 0.05) is 10.8 Å². The third-order valence-corrected chi connectivity index (χ3v) is 4.27. The lowest BCUT2D eigenvalue weighted by Crippen LogP contribution is -3.00. The van der Waals surface area contributed by atoms with Gasteiger partial charge in [0.15, 0.2) is 6.54 Å². The molecule has 4 nitrogen and oxygen atoms in total. The van der Waals surface area contributed by atoms with Crippen LogP contribution in [0, 0.1) is 0 Å². The van der Waals surface area contributed by atoms with E-state index in [2.05, 4.69) is 13.8 Å². The number of imidazole rings is 1. The molecule has 0 N–H and O–H groups in total. The predicted octanol–water partition coefficient (Wildman–Crippen LogP) is -0.291. The van der Waals surface area contributed by atoms with Crippen LogP contribution in [-0.4, -0.2) is 22.7 Å². The molecule has 22 heavy (non-hydrogen) atoms. The van der Waals surface area contributed by atoms with Gasteiger partial charge in [-0.15, -0.1) is 0 Å². The topological polar surface area (TPSA) is 35.1 Å². The van der Waals surface area contributed by atoms with Gasteiger partial charge in [-0.3, -0.25) is 4.79 Å². The summed E-state index contributed by atoms with van der Waals surface area (Å²) in [5, 5.41) is 1.55. The average Bonchev–Trinajstić information content (AvgIpc) is 2.79. The fourth-order valence-corrected chi connectivity index (χ4v) is 2.94. The summed E-state index contributed by atoms with van der Waals surface area (Å²) in [5.41, 5.74) is 0.672. The lowest BCUT2D eigenvalue weighted by molar-refractivity contribution is -0.709. The number of ketones is 1. The maximum atomic E-state index is 12.4. The molecular formula is C16H21BrN2O2S. The van der Waals surface area contributed by atoms with Crippen molar-refractivity contribution in [2.75, 3.05) is 7.11 Å². The first-order valence-corrected chi connectivity index (χ1v) is 7.78. The predicted molar refractivity (Wildman–Crippen MR) is 83.9 cm³/mol. The zero-order valence-corrected chi connectivity index (χ0v) is 15.6. The molecule has 0 unspecified atom stereocenters. The molecule has 0 atom stereocenters. The number of aromatic nitrogens is 2. The van der Waals surface area contributed by atoms with Gasteiger partial charge >= 0.3 is 5.16 Å². The highest BCUT2D eigenvalue weighted by molar-refractivity contribution is 7.99. The summed E-state index contributed by atoms with van der Waals surface area (Å²) in [6.45, 7) is 4.63. The molecule has 0 bridgehead atoms. The summed E-state index contributed by atoms with van der Waals surface area (Å²) in [6.07, 6.45) is 3.92. The molecule has 1 heterocycles. The Labute approximate surface area is 146 Å². The lowest BCUT2D eigenvalue weighted by atomic mass is 10.1. The zero-order valence-electron chi connectivity index (χ0n) is 13.2. The van der Waals surface area contributed by atoms with E-state index >= 15 is 0 Å². The van der Waals surface area contributed by atoms with Crippen LogP contribution in [0.3, 0.4) is 0 Å². The number of rotatable bonds is 6. The second-order valence-electron chi connectivity index (χ2n) is 5.14. The number of nitrogens with zero attached hydrogens (tertiary/aromatic N) is 2. The standard InChI is InChI=1S/C16H21N2O2S.BrH/c1-12(2)21-16-17(3)8-9-18(16)11-15(19)13-6-5-7-14(10-13)20-4;/h5-10,12H,11H2,1-4H3;1H/q+1;/p-1. The van der Waals surface area contributed by atoms with E-state index in [9.17, 15) is 4.79 Å². The van der Waals surface area contributed by atoms with Gasteiger partial charge in [-0.05, 0) is 23.9 Å². The van der Waals surface area contributed by atoms with E-state index in [4.69, 9.17) is 4.74 Å². The number of aryl methyl sites for hydroxylation is 1. The summed E-state index contributed by atoms with van der Waals surface area (Å²) in [6, 6.07) is 7.28. The number of Topliss-reactive ketones (excluding diaryl/α,β-unsaturated/α-hetero) is 1. The van der Waals surface area contributed by atoms with Crippen molar-refractivity contribution in [3.8, 4) is 5.75 Å². The molecule has 0 spiro atoms. The third-order valence-electron chi connectivity index (χ3n) is 3.06. The van der Waals surface area contributed by atoms with Crippen molar-refractivity contribution < 1.29 is 31.1 Å². The Hall–Kier alpha value is -1.27. The highest BCUT2D eigenvalue weighted by Gasteiger charge is 2.20. The summed E-state index contributed by atoms with van der Waals surface area (Å²) in [7, 11) is 3.60. The second kappa shape index (κ2) is 8.39. The fraction of sp³-hybridized carbons (Fsp3) is 0.375. The highest BCUT2D eigenvalue weighted by Crippen LogP contribution is 2.20. The Morgan fingerprint density at radius 1 is 1.41 bits per heavy atom. The van der Waals surface area contributed by atoms with Crippen molar-refractivity contribution in [1.82, 2.24) is 4.57 Å². The monoisotopic (exact) mass is 384 g/mol. The molecule has 6 heteroatoms. The maximum Gasteiger partial charge on any atom is 0.318 e. The first-order chi connectivity index (χ1) is 10.0. The number of hydrogen-bond acceptors (Lipinski definition) is 3. The summed E-state index contributed by atoms with van der Waals surface area (Å²) < 4.78 is 9.21.